The van der Waals surface area contributed by atoms with Crippen molar-refractivity contribution < 1.29 is 22.7 Å². The van der Waals surface area contributed by atoms with Crippen LogP contribution in [-0.4, -0.2) is 36.9 Å². The molecule has 1 heterocycles. The van der Waals surface area contributed by atoms with Crippen LogP contribution >= 0.6 is 0 Å². The average Bonchev–Trinajstić information content (AvgIpc) is 2.26. The van der Waals surface area contributed by atoms with Gasteiger partial charge in [-0.2, -0.15) is 4.31 Å². The number of benzene rings is 1. The van der Waals surface area contributed by atoms with Crippen molar-refractivity contribution in [2.75, 3.05) is 13.1 Å². The molecular formula is C12H14FNO4S. The third-order valence-electron chi connectivity index (χ3n) is 3.17. The van der Waals surface area contributed by atoms with Gasteiger partial charge in [0.15, 0.2) is 0 Å². The maximum Gasteiger partial charge on any atom is 0.303 e. The van der Waals surface area contributed by atoms with E-state index in [4.69, 9.17) is 5.11 Å². The number of carboxylic acids is 1. The lowest BCUT2D eigenvalue weighted by molar-refractivity contribution is -0.139. The molecule has 0 saturated carbocycles. The lowest BCUT2D eigenvalue weighted by Crippen LogP contribution is -2.50. The van der Waals surface area contributed by atoms with Gasteiger partial charge in [0.05, 0.1) is 11.3 Å². The third kappa shape index (κ3) is 2.76. The second kappa shape index (κ2) is 4.90. The van der Waals surface area contributed by atoms with Crippen molar-refractivity contribution in [3.63, 3.8) is 0 Å². The van der Waals surface area contributed by atoms with Gasteiger partial charge in [-0.05, 0) is 30.5 Å². The van der Waals surface area contributed by atoms with Gasteiger partial charge >= 0.3 is 5.97 Å². The predicted molar refractivity (Wildman–Crippen MR) is 65.6 cm³/mol. The first kappa shape index (κ1) is 14.0. The molecule has 0 bridgehead atoms. The molecule has 0 unspecified atom stereocenters. The van der Waals surface area contributed by atoms with Crippen LogP contribution in [0.3, 0.4) is 0 Å². The number of hydrogen-bond acceptors (Lipinski definition) is 3. The van der Waals surface area contributed by atoms with E-state index < -0.39 is 21.8 Å². The minimum Gasteiger partial charge on any atom is -0.481 e. The summed E-state index contributed by atoms with van der Waals surface area (Å²) in [5.41, 5.74) is 0.381. The molecule has 0 radical (unpaired) electrons. The van der Waals surface area contributed by atoms with E-state index in [-0.39, 0.29) is 30.3 Å². The van der Waals surface area contributed by atoms with Crippen LogP contribution in [0.15, 0.2) is 23.1 Å². The monoisotopic (exact) mass is 287 g/mol. The summed E-state index contributed by atoms with van der Waals surface area (Å²) in [7, 11) is -3.71. The molecule has 104 valence electrons. The minimum absolute atomic E-state index is 0.0473. The van der Waals surface area contributed by atoms with Crippen molar-refractivity contribution >= 4 is 16.0 Å². The molecule has 1 aliphatic heterocycles. The van der Waals surface area contributed by atoms with Gasteiger partial charge in [0.1, 0.15) is 5.82 Å². The molecule has 1 fully saturated rings. The van der Waals surface area contributed by atoms with E-state index in [9.17, 15) is 17.6 Å². The van der Waals surface area contributed by atoms with Gasteiger partial charge in [-0.25, -0.2) is 12.8 Å². The number of aliphatic carboxylic acids is 1. The molecule has 0 spiro atoms. The molecular weight excluding hydrogens is 273 g/mol. The Morgan fingerprint density at radius 1 is 1.47 bits per heavy atom. The standard InChI is InChI=1S/C12H14FNO4S/c1-8-2-3-10(5-11(8)13)19(17,18)14-6-9(7-14)4-12(15)16/h2-3,5,9H,4,6-7H2,1H3,(H,15,16). The van der Waals surface area contributed by atoms with Gasteiger partial charge in [0.25, 0.3) is 0 Å². The van der Waals surface area contributed by atoms with Crippen molar-refractivity contribution in [1.29, 1.82) is 0 Å². The van der Waals surface area contributed by atoms with Crippen molar-refractivity contribution in [3.05, 3.63) is 29.6 Å². The number of sulfonamides is 1. The fourth-order valence-corrected chi connectivity index (χ4v) is 3.58. The molecule has 0 amide bonds. The molecule has 1 saturated heterocycles. The largest absolute Gasteiger partial charge is 0.481 e. The number of carboxylic acid groups (broad SMARTS) is 1. The zero-order valence-corrected chi connectivity index (χ0v) is 11.2. The summed E-state index contributed by atoms with van der Waals surface area (Å²) < 4.78 is 38.8. The van der Waals surface area contributed by atoms with E-state index in [1.807, 2.05) is 0 Å². The maximum absolute atomic E-state index is 13.4. The zero-order valence-electron chi connectivity index (χ0n) is 10.3. The highest BCUT2D eigenvalue weighted by Crippen LogP contribution is 2.27. The second-order valence-electron chi connectivity index (χ2n) is 4.70. The SMILES string of the molecule is Cc1ccc(S(=O)(=O)N2CC(CC(=O)O)C2)cc1F. The normalized spacial score (nSPS) is 17.2. The Labute approximate surface area is 110 Å². The molecule has 7 heteroatoms. The highest BCUT2D eigenvalue weighted by atomic mass is 32.2. The third-order valence-corrected chi connectivity index (χ3v) is 5.00. The second-order valence-corrected chi connectivity index (χ2v) is 6.63. The van der Waals surface area contributed by atoms with Crippen LogP contribution in [0.5, 0.6) is 0 Å². The lowest BCUT2D eigenvalue weighted by atomic mass is 10.00. The summed E-state index contributed by atoms with van der Waals surface area (Å²) in [6.45, 7) is 1.90. The molecule has 1 aromatic carbocycles. The molecule has 1 aliphatic rings. The van der Waals surface area contributed by atoms with Crippen LogP contribution in [0.25, 0.3) is 0 Å². The summed E-state index contributed by atoms with van der Waals surface area (Å²) in [4.78, 5) is 10.4. The average molecular weight is 287 g/mol. The van der Waals surface area contributed by atoms with Crippen molar-refractivity contribution in [1.82, 2.24) is 4.31 Å². The fourth-order valence-electron chi connectivity index (χ4n) is 1.98. The Kier molecular flexibility index (Phi) is 3.60. The molecule has 0 aliphatic carbocycles. The van der Waals surface area contributed by atoms with Crippen LogP contribution in [0, 0.1) is 18.7 Å². The topological polar surface area (TPSA) is 74.7 Å². The van der Waals surface area contributed by atoms with Gasteiger partial charge in [-0.15, -0.1) is 0 Å². The quantitative estimate of drug-likeness (QED) is 0.903. The first-order valence-electron chi connectivity index (χ1n) is 5.79. The van der Waals surface area contributed by atoms with E-state index in [2.05, 4.69) is 0 Å². The van der Waals surface area contributed by atoms with Gasteiger partial charge in [0.2, 0.25) is 10.0 Å². The Morgan fingerprint density at radius 3 is 2.63 bits per heavy atom. The van der Waals surface area contributed by atoms with Crippen LogP contribution in [0.4, 0.5) is 4.39 Å². The Bertz CT molecular complexity index is 608. The van der Waals surface area contributed by atoms with Crippen LogP contribution in [0.2, 0.25) is 0 Å². The van der Waals surface area contributed by atoms with Crippen LogP contribution in [0.1, 0.15) is 12.0 Å². The number of carbonyl (C=O) groups is 1. The summed E-state index contributed by atoms with van der Waals surface area (Å²) >= 11 is 0. The first-order valence-corrected chi connectivity index (χ1v) is 7.23. The first-order chi connectivity index (χ1) is 8.80. The molecule has 2 rings (SSSR count). The van der Waals surface area contributed by atoms with Gasteiger partial charge < -0.3 is 5.11 Å². The molecule has 1 N–H and O–H groups in total. The number of halogens is 1. The van der Waals surface area contributed by atoms with Crippen molar-refractivity contribution in [2.45, 2.75) is 18.2 Å². The maximum atomic E-state index is 13.4. The minimum atomic E-state index is -3.71. The van der Waals surface area contributed by atoms with E-state index in [0.29, 0.717) is 5.56 Å². The van der Waals surface area contributed by atoms with Crippen molar-refractivity contribution in [2.24, 2.45) is 5.92 Å². The number of nitrogens with zero attached hydrogens (tertiary/aromatic N) is 1. The predicted octanol–water partition coefficient (Wildman–Crippen LogP) is 1.23. The Morgan fingerprint density at radius 2 is 2.11 bits per heavy atom. The molecule has 1 aromatic rings. The van der Waals surface area contributed by atoms with Gasteiger partial charge in [0, 0.05) is 13.1 Å². The molecule has 0 atom stereocenters. The van der Waals surface area contributed by atoms with Gasteiger partial charge in [-0.3, -0.25) is 4.79 Å². The smallest absolute Gasteiger partial charge is 0.303 e. The summed E-state index contributed by atoms with van der Waals surface area (Å²) in [5.74, 6) is -1.67. The van der Waals surface area contributed by atoms with Crippen molar-refractivity contribution in [3.8, 4) is 0 Å². The Hall–Kier alpha value is -1.47. The lowest BCUT2D eigenvalue weighted by Gasteiger charge is -2.37. The summed E-state index contributed by atoms with van der Waals surface area (Å²) in [5, 5.41) is 8.60. The van der Waals surface area contributed by atoms with Gasteiger partial charge in [-0.1, -0.05) is 6.07 Å². The highest BCUT2D eigenvalue weighted by molar-refractivity contribution is 7.89. The van der Waals surface area contributed by atoms with E-state index >= 15 is 0 Å². The van der Waals surface area contributed by atoms with E-state index in [0.717, 1.165) is 6.07 Å². The van der Waals surface area contributed by atoms with Crippen LogP contribution < -0.4 is 0 Å². The summed E-state index contributed by atoms with van der Waals surface area (Å²) in [6.07, 6.45) is -0.0473. The fraction of sp³-hybridized carbons (Fsp3) is 0.417. The van der Waals surface area contributed by atoms with E-state index in [1.54, 1.807) is 6.92 Å². The zero-order chi connectivity index (χ0) is 14.2. The van der Waals surface area contributed by atoms with Crippen LogP contribution in [-0.2, 0) is 14.8 Å². The number of hydrogen-bond donors (Lipinski definition) is 1. The molecule has 5 nitrogen and oxygen atoms in total. The number of aryl methyl sites for hydroxylation is 1. The van der Waals surface area contributed by atoms with E-state index in [1.165, 1.54) is 16.4 Å². The number of rotatable bonds is 4. The molecule has 0 aromatic heterocycles. The molecule has 19 heavy (non-hydrogen) atoms. The Balaban J connectivity index is 2.12. The highest BCUT2D eigenvalue weighted by Gasteiger charge is 2.37. The summed E-state index contributed by atoms with van der Waals surface area (Å²) in [6, 6.07) is 3.77.